The Balaban J connectivity index is 0.869. The van der Waals surface area contributed by atoms with Crippen LogP contribution in [0.1, 0.15) is 22.3 Å². The van der Waals surface area contributed by atoms with E-state index < -0.39 is 0 Å². The maximum atomic E-state index is 2.48. The third kappa shape index (κ3) is 8.65. The Kier molecular flexibility index (Phi) is 12.5. The molecule has 0 unspecified atom stereocenters. The minimum absolute atomic E-state index is 1.11. The SMILES string of the molecule is Cc1cc(-c2cc(C)c(N(c3ccc(-c4cccc5c4sc4ccccc45)cc3)c3ccccc3-c3ccccc3)c(C)c2)cc(C)c1N(c1ccc(-c2cccc3c2sc2ccccc23)cc1)c1ccccc1-c1ccccc1. The lowest BCUT2D eigenvalue weighted by Crippen LogP contribution is -2.14. The monoisotopic (exact) mass is 1060 g/mol. The fourth-order valence-corrected chi connectivity index (χ4v) is 14.8. The van der Waals surface area contributed by atoms with Gasteiger partial charge in [-0.1, -0.05) is 194 Å². The van der Waals surface area contributed by atoms with E-state index in [1.54, 1.807) is 0 Å². The van der Waals surface area contributed by atoms with E-state index in [1.807, 2.05) is 22.7 Å². The van der Waals surface area contributed by atoms with Crippen molar-refractivity contribution in [3.8, 4) is 55.6 Å². The number of thiophene rings is 2. The third-order valence-electron chi connectivity index (χ3n) is 15.9. The van der Waals surface area contributed by atoms with Crippen LogP contribution in [-0.4, -0.2) is 0 Å². The highest BCUT2D eigenvalue weighted by Gasteiger charge is 2.25. The highest BCUT2D eigenvalue weighted by Crippen LogP contribution is 2.49. The summed E-state index contributed by atoms with van der Waals surface area (Å²) >= 11 is 3.76. The molecular formula is C76H56N2S2. The number of para-hydroxylation sites is 2. The number of nitrogens with zero attached hydrogens (tertiary/aromatic N) is 2. The van der Waals surface area contributed by atoms with Crippen LogP contribution in [0.3, 0.4) is 0 Å². The average Bonchev–Trinajstić information content (AvgIpc) is 4.17. The molecule has 12 aromatic carbocycles. The molecule has 4 heteroatoms. The van der Waals surface area contributed by atoms with E-state index >= 15 is 0 Å². The number of aryl methyl sites for hydroxylation is 4. The van der Waals surface area contributed by atoms with Crippen LogP contribution in [0.25, 0.3) is 96.0 Å². The van der Waals surface area contributed by atoms with Gasteiger partial charge in [-0.15, -0.1) is 22.7 Å². The van der Waals surface area contributed by atoms with Gasteiger partial charge in [-0.05, 0) is 167 Å². The number of rotatable bonds is 11. The van der Waals surface area contributed by atoms with E-state index in [4.69, 9.17) is 0 Å². The summed E-state index contributed by atoms with van der Waals surface area (Å²) < 4.78 is 5.28. The van der Waals surface area contributed by atoms with Gasteiger partial charge in [0.1, 0.15) is 0 Å². The lowest BCUT2D eigenvalue weighted by Gasteiger charge is -2.32. The Morgan fingerprint density at radius 2 is 0.562 bits per heavy atom. The molecule has 0 aliphatic rings. The predicted octanol–water partition coefficient (Wildman–Crippen LogP) is 22.9. The molecule has 14 rings (SSSR count). The van der Waals surface area contributed by atoms with Crippen LogP contribution in [-0.2, 0) is 0 Å². The van der Waals surface area contributed by atoms with Crippen molar-refractivity contribution in [3.63, 3.8) is 0 Å². The standard InChI is InChI=1S/C76H56N2S2/c1-49-45-57(46-50(2)73(49)77(69-33-15-11-25-61(69)53-21-7-5-8-22-53)59-41-37-55(38-42-59)63-29-19-31-67-65-27-13-17-35-71(65)79-75(63)67)58-47-51(3)74(52(4)48-58)78(70-34-16-12-26-62(70)54-23-9-6-10-24-54)60-43-39-56(40-44-60)64-30-20-32-68-66-28-14-18-36-72(66)80-76(64)68/h5-48H,1-4H3. The summed E-state index contributed by atoms with van der Waals surface area (Å²) in [5.74, 6) is 0. The first-order valence-corrected chi connectivity index (χ1v) is 29.1. The first-order chi connectivity index (χ1) is 39.3. The van der Waals surface area contributed by atoms with Crippen molar-refractivity contribution in [2.24, 2.45) is 0 Å². The van der Waals surface area contributed by atoms with Crippen LogP contribution in [0, 0.1) is 27.7 Å². The second-order valence-electron chi connectivity index (χ2n) is 21.0. The molecule has 0 atom stereocenters. The second-order valence-corrected chi connectivity index (χ2v) is 23.1. The van der Waals surface area contributed by atoms with Gasteiger partial charge in [-0.2, -0.15) is 0 Å². The molecule has 382 valence electrons. The Hall–Kier alpha value is -9.32. The topological polar surface area (TPSA) is 6.48 Å². The summed E-state index contributed by atoms with van der Waals surface area (Å²) in [6.45, 7) is 9.12. The molecule has 0 radical (unpaired) electrons. The second kappa shape index (κ2) is 20.5. The van der Waals surface area contributed by atoms with Crippen molar-refractivity contribution in [1.82, 2.24) is 0 Å². The first-order valence-electron chi connectivity index (χ1n) is 27.5. The van der Waals surface area contributed by atoms with Gasteiger partial charge in [0.15, 0.2) is 0 Å². The number of hydrogen-bond acceptors (Lipinski definition) is 4. The highest BCUT2D eigenvalue weighted by molar-refractivity contribution is 7.26. The van der Waals surface area contributed by atoms with Gasteiger partial charge in [0.05, 0.1) is 22.7 Å². The largest absolute Gasteiger partial charge is 0.309 e. The summed E-state index contributed by atoms with van der Waals surface area (Å²) in [6.07, 6.45) is 0. The molecule has 2 heterocycles. The lowest BCUT2D eigenvalue weighted by molar-refractivity contribution is 1.21. The Morgan fingerprint density at radius 1 is 0.250 bits per heavy atom. The summed E-state index contributed by atoms with van der Waals surface area (Å²) in [5, 5.41) is 5.25. The molecule has 80 heavy (non-hydrogen) atoms. The predicted molar refractivity (Wildman–Crippen MR) is 348 cm³/mol. The molecular weight excluding hydrogens is 1000 g/mol. The van der Waals surface area contributed by atoms with Crippen molar-refractivity contribution in [3.05, 3.63) is 289 Å². The molecule has 0 aliphatic heterocycles. The number of anilines is 6. The average molecular weight is 1060 g/mol. The molecule has 2 aromatic heterocycles. The van der Waals surface area contributed by atoms with E-state index in [9.17, 15) is 0 Å². The van der Waals surface area contributed by atoms with Crippen LogP contribution in [0.5, 0.6) is 0 Å². The van der Waals surface area contributed by atoms with E-state index in [0.717, 1.165) is 22.7 Å². The van der Waals surface area contributed by atoms with Crippen LogP contribution in [0.2, 0.25) is 0 Å². The first kappa shape index (κ1) is 49.0. The van der Waals surface area contributed by atoms with Crippen molar-refractivity contribution < 1.29 is 0 Å². The van der Waals surface area contributed by atoms with Crippen molar-refractivity contribution in [1.29, 1.82) is 0 Å². The third-order valence-corrected chi connectivity index (χ3v) is 18.3. The summed E-state index contributed by atoms with van der Waals surface area (Å²) in [7, 11) is 0. The van der Waals surface area contributed by atoms with E-state index in [1.165, 1.54) is 130 Å². The molecule has 0 saturated heterocycles. The van der Waals surface area contributed by atoms with Gasteiger partial charge in [0.2, 0.25) is 0 Å². The van der Waals surface area contributed by atoms with E-state index in [0.29, 0.717) is 0 Å². The van der Waals surface area contributed by atoms with Crippen molar-refractivity contribution >= 4 is 97.1 Å². The molecule has 0 N–H and O–H groups in total. The molecule has 0 saturated carbocycles. The minimum atomic E-state index is 1.11. The van der Waals surface area contributed by atoms with Crippen LogP contribution < -0.4 is 9.80 Å². The van der Waals surface area contributed by atoms with Crippen molar-refractivity contribution in [2.75, 3.05) is 9.80 Å². The Labute approximate surface area is 476 Å². The molecule has 0 fully saturated rings. The van der Waals surface area contributed by atoms with Gasteiger partial charge < -0.3 is 9.80 Å². The molecule has 2 nitrogen and oxygen atoms in total. The maximum absolute atomic E-state index is 2.48. The fourth-order valence-electron chi connectivity index (χ4n) is 12.3. The maximum Gasteiger partial charge on any atom is 0.0540 e. The van der Waals surface area contributed by atoms with Gasteiger partial charge in [0, 0.05) is 62.8 Å². The summed E-state index contributed by atoms with van der Waals surface area (Å²) in [6, 6.07) is 98.3. The molecule has 0 spiro atoms. The molecule has 0 aliphatic carbocycles. The van der Waals surface area contributed by atoms with Crippen molar-refractivity contribution in [2.45, 2.75) is 27.7 Å². The number of fused-ring (bicyclic) bond motifs is 6. The number of benzene rings is 12. The Bertz CT molecular complexity index is 4280. The number of hydrogen-bond donors (Lipinski definition) is 0. The molecule has 0 amide bonds. The minimum Gasteiger partial charge on any atom is -0.309 e. The van der Waals surface area contributed by atoms with Crippen LogP contribution in [0.4, 0.5) is 34.1 Å². The fraction of sp³-hybridized carbons (Fsp3) is 0.0526. The van der Waals surface area contributed by atoms with Gasteiger partial charge in [0.25, 0.3) is 0 Å². The molecule has 0 bridgehead atoms. The quantitative estimate of drug-likeness (QED) is 0.127. The smallest absolute Gasteiger partial charge is 0.0540 e. The van der Waals surface area contributed by atoms with E-state index in [-0.39, 0.29) is 0 Å². The summed E-state index contributed by atoms with van der Waals surface area (Å²) in [4.78, 5) is 4.97. The Morgan fingerprint density at radius 3 is 0.963 bits per heavy atom. The van der Waals surface area contributed by atoms with Crippen LogP contribution >= 0.6 is 22.7 Å². The zero-order chi connectivity index (χ0) is 53.8. The lowest BCUT2D eigenvalue weighted by atomic mass is 9.93. The van der Waals surface area contributed by atoms with Gasteiger partial charge >= 0.3 is 0 Å². The van der Waals surface area contributed by atoms with Gasteiger partial charge in [-0.25, -0.2) is 0 Å². The highest BCUT2D eigenvalue weighted by atomic mass is 32.1. The normalized spacial score (nSPS) is 11.5. The molecule has 14 aromatic rings. The van der Waals surface area contributed by atoms with Gasteiger partial charge in [-0.3, -0.25) is 0 Å². The van der Waals surface area contributed by atoms with Crippen LogP contribution in [0.15, 0.2) is 267 Å². The van der Waals surface area contributed by atoms with E-state index in [2.05, 4.69) is 304 Å². The summed E-state index contributed by atoms with van der Waals surface area (Å²) in [5.41, 5.74) is 23.7. The zero-order valence-corrected chi connectivity index (χ0v) is 46.7. The zero-order valence-electron chi connectivity index (χ0n) is 45.1.